The maximum Gasteiger partial charge on any atom is 0.416 e. The van der Waals surface area contributed by atoms with E-state index in [4.69, 9.17) is 14.5 Å². The Morgan fingerprint density at radius 1 is 1.29 bits per heavy atom. The molecule has 1 atom stereocenters. The van der Waals surface area contributed by atoms with Gasteiger partial charge in [-0.15, -0.1) is 0 Å². The third-order valence-corrected chi connectivity index (χ3v) is 6.23. The monoisotopic (exact) mass is 387 g/mol. The van der Waals surface area contributed by atoms with Crippen LogP contribution in [0.3, 0.4) is 0 Å². The number of likely N-dealkylation sites (tertiary alicyclic amines) is 1. The molecule has 152 valence electrons. The molecule has 4 rings (SSSR count). The standard InChI is InChI=1S/C21H29N3O4/c1-27-14-19(25)23-12-6-7-16(13-23)17-8-5-9-18(22-17)24-15-21(28-20(24)26)10-3-2-4-11-21/h5,8-9,16H,2-4,6-7,10-15H2,1H3/t16-/m1/s1. The molecular formula is C21H29N3O4. The van der Waals surface area contributed by atoms with E-state index in [1.165, 1.54) is 6.42 Å². The lowest BCUT2D eigenvalue weighted by molar-refractivity contribution is -0.136. The van der Waals surface area contributed by atoms with Crippen LogP contribution in [0.25, 0.3) is 0 Å². The summed E-state index contributed by atoms with van der Waals surface area (Å²) in [5.41, 5.74) is 0.603. The van der Waals surface area contributed by atoms with Crippen LogP contribution in [0.15, 0.2) is 18.2 Å². The first-order chi connectivity index (χ1) is 13.6. The first-order valence-electron chi connectivity index (χ1n) is 10.3. The zero-order valence-electron chi connectivity index (χ0n) is 16.6. The Morgan fingerprint density at radius 3 is 2.89 bits per heavy atom. The fraction of sp³-hybridized carbons (Fsp3) is 0.667. The van der Waals surface area contributed by atoms with E-state index in [9.17, 15) is 9.59 Å². The third-order valence-electron chi connectivity index (χ3n) is 6.23. The van der Waals surface area contributed by atoms with Crippen molar-refractivity contribution in [2.45, 2.75) is 56.5 Å². The zero-order valence-corrected chi connectivity index (χ0v) is 16.6. The van der Waals surface area contributed by atoms with E-state index >= 15 is 0 Å². The van der Waals surface area contributed by atoms with E-state index in [1.807, 2.05) is 23.1 Å². The van der Waals surface area contributed by atoms with E-state index in [0.717, 1.165) is 50.8 Å². The van der Waals surface area contributed by atoms with E-state index in [-0.39, 0.29) is 30.1 Å². The number of nitrogens with zero attached hydrogens (tertiary/aromatic N) is 3. The highest BCUT2D eigenvalue weighted by atomic mass is 16.6. The second-order valence-corrected chi connectivity index (χ2v) is 8.23. The van der Waals surface area contributed by atoms with Crippen molar-refractivity contribution in [3.05, 3.63) is 23.9 Å². The molecule has 3 aliphatic rings. The molecular weight excluding hydrogens is 358 g/mol. The molecule has 0 radical (unpaired) electrons. The summed E-state index contributed by atoms with van der Waals surface area (Å²) in [6, 6.07) is 5.83. The van der Waals surface area contributed by atoms with Gasteiger partial charge in [0.25, 0.3) is 0 Å². The minimum atomic E-state index is -0.332. The van der Waals surface area contributed by atoms with Crippen LogP contribution >= 0.6 is 0 Å². The summed E-state index contributed by atoms with van der Waals surface area (Å²) in [7, 11) is 1.54. The van der Waals surface area contributed by atoms with Crippen LogP contribution in [0.1, 0.15) is 56.6 Å². The largest absolute Gasteiger partial charge is 0.441 e. The van der Waals surface area contributed by atoms with Crippen LogP contribution in [0.5, 0.6) is 0 Å². The number of ether oxygens (including phenoxy) is 2. The van der Waals surface area contributed by atoms with Crippen molar-refractivity contribution < 1.29 is 19.1 Å². The minimum Gasteiger partial charge on any atom is -0.441 e. The van der Waals surface area contributed by atoms with Gasteiger partial charge in [0.2, 0.25) is 5.91 Å². The number of aromatic nitrogens is 1. The summed E-state index contributed by atoms with van der Waals surface area (Å²) in [5, 5.41) is 0. The second kappa shape index (κ2) is 8.07. The van der Waals surface area contributed by atoms with Crippen LogP contribution in [-0.2, 0) is 14.3 Å². The summed E-state index contributed by atoms with van der Waals surface area (Å²) in [5.74, 6) is 0.854. The van der Waals surface area contributed by atoms with Crippen molar-refractivity contribution in [3.8, 4) is 0 Å². The topological polar surface area (TPSA) is 72.0 Å². The van der Waals surface area contributed by atoms with Gasteiger partial charge in [0.1, 0.15) is 18.0 Å². The molecule has 0 N–H and O–H groups in total. The maximum atomic E-state index is 12.5. The SMILES string of the molecule is COCC(=O)N1CCC[C@@H](c2cccc(N3CC4(CCCCC4)OC3=O)n2)C1. The molecule has 28 heavy (non-hydrogen) atoms. The molecule has 1 aromatic rings. The van der Waals surface area contributed by atoms with Crippen LogP contribution in [0.4, 0.5) is 10.6 Å². The lowest BCUT2D eigenvalue weighted by Crippen LogP contribution is -2.41. The Hall–Kier alpha value is -2.15. The highest BCUT2D eigenvalue weighted by molar-refractivity contribution is 5.89. The van der Waals surface area contributed by atoms with Gasteiger partial charge in [0.15, 0.2) is 0 Å². The Morgan fingerprint density at radius 2 is 2.11 bits per heavy atom. The van der Waals surface area contributed by atoms with Crippen molar-refractivity contribution in [2.24, 2.45) is 0 Å². The number of anilines is 1. The van der Waals surface area contributed by atoms with Gasteiger partial charge in [-0.05, 0) is 50.7 Å². The van der Waals surface area contributed by atoms with Crippen molar-refractivity contribution in [2.75, 3.05) is 38.3 Å². The molecule has 3 fully saturated rings. The molecule has 7 heteroatoms. The number of amides is 2. The number of hydrogen-bond acceptors (Lipinski definition) is 5. The fourth-order valence-electron chi connectivity index (χ4n) is 4.73. The number of carbonyl (C=O) groups excluding carboxylic acids is 2. The van der Waals surface area contributed by atoms with Crippen LogP contribution in [0.2, 0.25) is 0 Å². The van der Waals surface area contributed by atoms with Gasteiger partial charge < -0.3 is 14.4 Å². The Kier molecular flexibility index (Phi) is 5.53. The van der Waals surface area contributed by atoms with Gasteiger partial charge in [-0.1, -0.05) is 12.5 Å². The Bertz CT molecular complexity index is 732. The van der Waals surface area contributed by atoms with Gasteiger partial charge in [-0.2, -0.15) is 0 Å². The van der Waals surface area contributed by atoms with Crippen LogP contribution in [0, 0.1) is 0 Å². The molecule has 0 unspecified atom stereocenters. The van der Waals surface area contributed by atoms with Crippen LogP contribution < -0.4 is 4.90 Å². The summed E-state index contributed by atoms with van der Waals surface area (Å²) >= 11 is 0. The summed E-state index contributed by atoms with van der Waals surface area (Å²) < 4.78 is 10.8. The fourth-order valence-corrected chi connectivity index (χ4v) is 4.73. The molecule has 0 bridgehead atoms. The molecule has 2 amide bonds. The molecule has 7 nitrogen and oxygen atoms in total. The van der Waals surface area contributed by atoms with Gasteiger partial charge in [0.05, 0.1) is 6.54 Å². The number of carbonyl (C=O) groups is 2. The average molecular weight is 387 g/mol. The van der Waals surface area contributed by atoms with E-state index in [2.05, 4.69) is 0 Å². The number of hydrogen-bond donors (Lipinski definition) is 0. The molecule has 2 aliphatic heterocycles. The zero-order chi connectivity index (χ0) is 19.6. The lowest BCUT2D eigenvalue weighted by Gasteiger charge is -2.32. The van der Waals surface area contributed by atoms with E-state index < -0.39 is 0 Å². The van der Waals surface area contributed by atoms with Gasteiger partial charge in [-0.3, -0.25) is 9.69 Å². The third kappa shape index (κ3) is 3.85. The number of methoxy groups -OCH3 is 1. The first-order valence-corrected chi connectivity index (χ1v) is 10.3. The van der Waals surface area contributed by atoms with Crippen molar-refractivity contribution >= 4 is 17.8 Å². The number of pyridine rings is 1. The molecule has 1 aromatic heterocycles. The van der Waals surface area contributed by atoms with Gasteiger partial charge in [0, 0.05) is 31.8 Å². The summed E-state index contributed by atoms with van der Waals surface area (Å²) in [6.07, 6.45) is 6.97. The highest BCUT2D eigenvalue weighted by Crippen LogP contribution is 2.38. The van der Waals surface area contributed by atoms with Gasteiger partial charge >= 0.3 is 6.09 Å². The second-order valence-electron chi connectivity index (χ2n) is 8.23. The Balaban J connectivity index is 1.48. The normalized spacial score (nSPS) is 24.5. The van der Waals surface area contributed by atoms with Crippen molar-refractivity contribution in [1.29, 1.82) is 0 Å². The highest BCUT2D eigenvalue weighted by Gasteiger charge is 2.46. The summed E-state index contributed by atoms with van der Waals surface area (Å²) in [6.45, 7) is 2.11. The summed E-state index contributed by atoms with van der Waals surface area (Å²) in [4.78, 5) is 33.1. The lowest BCUT2D eigenvalue weighted by atomic mass is 9.85. The molecule has 1 spiro atoms. The molecule has 3 heterocycles. The molecule has 0 aromatic carbocycles. The number of rotatable bonds is 4. The maximum absolute atomic E-state index is 12.5. The smallest absolute Gasteiger partial charge is 0.416 e. The van der Waals surface area contributed by atoms with E-state index in [0.29, 0.717) is 18.9 Å². The quantitative estimate of drug-likeness (QED) is 0.794. The number of piperidine rings is 1. The van der Waals surface area contributed by atoms with Crippen molar-refractivity contribution in [1.82, 2.24) is 9.88 Å². The molecule has 1 saturated carbocycles. The van der Waals surface area contributed by atoms with E-state index in [1.54, 1.807) is 12.0 Å². The molecule has 2 saturated heterocycles. The minimum absolute atomic E-state index is 0.0192. The molecule has 1 aliphatic carbocycles. The van der Waals surface area contributed by atoms with Crippen molar-refractivity contribution in [3.63, 3.8) is 0 Å². The predicted octanol–water partition coefficient (Wildman–Crippen LogP) is 3.09. The van der Waals surface area contributed by atoms with Crippen LogP contribution in [-0.4, -0.2) is 60.8 Å². The average Bonchev–Trinajstić information content (AvgIpc) is 3.04. The Labute approximate surface area is 166 Å². The first kappa shape index (κ1) is 19.2. The van der Waals surface area contributed by atoms with Gasteiger partial charge in [-0.25, -0.2) is 9.78 Å². The predicted molar refractivity (Wildman–Crippen MR) is 104 cm³/mol.